The lowest BCUT2D eigenvalue weighted by atomic mass is 10.2. The Morgan fingerprint density at radius 1 is 1.20 bits per heavy atom. The molecule has 0 spiro atoms. The highest BCUT2D eigenvalue weighted by molar-refractivity contribution is 5.90. The monoisotopic (exact) mass is 271 g/mol. The van der Waals surface area contributed by atoms with Crippen molar-refractivity contribution in [3.63, 3.8) is 0 Å². The van der Waals surface area contributed by atoms with Gasteiger partial charge in [-0.25, -0.2) is 4.39 Å². The third-order valence-electron chi connectivity index (χ3n) is 2.63. The molecule has 0 aliphatic rings. The van der Waals surface area contributed by atoms with E-state index in [0.29, 0.717) is 5.75 Å². The smallest absolute Gasteiger partial charge is 0.241 e. The molecule has 2 aromatic carbocycles. The Morgan fingerprint density at radius 2 is 2.00 bits per heavy atom. The Bertz CT molecular complexity index is 638. The van der Waals surface area contributed by atoms with Gasteiger partial charge in [-0.15, -0.1) is 0 Å². The van der Waals surface area contributed by atoms with Gasteiger partial charge in [-0.05, 0) is 29.8 Å². The van der Waals surface area contributed by atoms with Gasteiger partial charge in [0.05, 0.1) is 0 Å². The minimum Gasteiger partial charge on any atom is -0.488 e. The van der Waals surface area contributed by atoms with E-state index in [9.17, 15) is 9.18 Å². The fourth-order valence-electron chi connectivity index (χ4n) is 1.71. The summed E-state index contributed by atoms with van der Waals surface area (Å²) >= 11 is 0. The van der Waals surface area contributed by atoms with Gasteiger partial charge in [0.2, 0.25) is 5.91 Å². The van der Waals surface area contributed by atoms with Crippen LogP contribution in [0.1, 0.15) is 11.1 Å². The van der Waals surface area contributed by atoms with Gasteiger partial charge in [-0.3, -0.25) is 4.79 Å². The second-order valence-electron chi connectivity index (χ2n) is 4.19. The molecule has 20 heavy (non-hydrogen) atoms. The number of hydrogen-bond donors (Lipinski definition) is 1. The van der Waals surface area contributed by atoms with Crippen LogP contribution in [-0.2, 0) is 11.4 Å². The lowest BCUT2D eigenvalue weighted by Crippen LogP contribution is -2.05. The van der Waals surface area contributed by atoms with Crippen LogP contribution < -0.4 is 10.5 Å². The van der Waals surface area contributed by atoms with Crippen molar-refractivity contribution in [2.24, 2.45) is 5.73 Å². The molecule has 2 N–H and O–H groups in total. The fraction of sp³-hybridized carbons (Fsp3) is 0.0625. The van der Waals surface area contributed by atoms with Gasteiger partial charge in [-0.2, -0.15) is 0 Å². The van der Waals surface area contributed by atoms with Gasteiger partial charge >= 0.3 is 0 Å². The molecule has 1 amide bonds. The Labute approximate surface area is 116 Å². The summed E-state index contributed by atoms with van der Waals surface area (Å²) in [5.74, 6) is -0.216. The van der Waals surface area contributed by atoms with E-state index >= 15 is 0 Å². The highest BCUT2D eigenvalue weighted by Crippen LogP contribution is 2.20. The first-order chi connectivity index (χ1) is 9.65. The van der Waals surface area contributed by atoms with E-state index in [1.54, 1.807) is 30.3 Å². The summed E-state index contributed by atoms with van der Waals surface area (Å²) in [7, 11) is 0. The maximum Gasteiger partial charge on any atom is 0.241 e. The number of halogens is 1. The van der Waals surface area contributed by atoms with Crippen LogP contribution in [0.4, 0.5) is 4.39 Å². The summed E-state index contributed by atoms with van der Waals surface area (Å²) in [6, 6.07) is 13.4. The SMILES string of the molecule is NC(=O)/C=C/c1ccccc1OCc1cccc(F)c1. The molecule has 2 aromatic rings. The Morgan fingerprint density at radius 3 is 2.75 bits per heavy atom. The van der Waals surface area contributed by atoms with Gasteiger partial charge in [0.15, 0.2) is 0 Å². The molecule has 0 saturated carbocycles. The molecule has 0 aliphatic heterocycles. The van der Waals surface area contributed by atoms with E-state index in [0.717, 1.165) is 11.1 Å². The maximum atomic E-state index is 13.1. The first-order valence-corrected chi connectivity index (χ1v) is 6.09. The van der Waals surface area contributed by atoms with Crippen LogP contribution >= 0.6 is 0 Å². The van der Waals surface area contributed by atoms with E-state index in [-0.39, 0.29) is 12.4 Å². The number of carbonyl (C=O) groups is 1. The molecule has 0 aromatic heterocycles. The van der Waals surface area contributed by atoms with Gasteiger partial charge < -0.3 is 10.5 Å². The largest absolute Gasteiger partial charge is 0.488 e. The average molecular weight is 271 g/mol. The topological polar surface area (TPSA) is 52.3 Å². The van der Waals surface area contributed by atoms with Crippen LogP contribution in [-0.4, -0.2) is 5.91 Å². The predicted molar refractivity (Wildman–Crippen MR) is 75.4 cm³/mol. The predicted octanol–water partition coefficient (Wildman–Crippen LogP) is 2.90. The van der Waals surface area contributed by atoms with Crippen molar-refractivity contribution < 1.29 is 13.9 Å². The highest BCUT2D eigenvalue weighted by atomic mass is 19.1. The van der Waals surface area contributed by atoms with Crippen LogP contribution in [0.5, 0.6) is 5.75 Å². The van der Waals surface area contributed by atoms with E-state index < -0.39 is 5.91 Å². The van der Waals surface area contributed by atoms with Crippen LogP contribution in [0.15, 0.2) is 54.6 Å². The van der Waals surface area contributed by atoms with E-state index in [1.165, 1.54) is 18.2 Å². The van der Waals surface area contributed by atoms with Gasteiger partial charge in [-0.1, -0.05) is 30.3 Å². The summed E-state index contributed by atoms with van der Waals surface area (Å²) in [6.07, 6.45) is 2.85. The number of amides is 1. The Kier molecular flexibility index (Phi) is 4.50. The van der Waals surface area contributed by atoms with Crippen molar-refractivity contribution in [3.8, 4) is 5.75 Å². The van der Waals surface area contributed by atoms with Crippen molar-refractivity contribution in [1.82, 2.24) is 0 Å². The first-order valence-electron chi connectivity index (χ1n) is 6.09. The third kappa shape index (κ3) is 3.95. The average Bonchev–Trinajstić information content (AvgIpc) is 2.44. The molecule has 0 radical (unpaired) electrons. The van der Waals surface area contributed by atoms with Crippen LogP contribution in [0.25, 0.3) is 6.08 Å². The Balaban J connectivity index is 2.11. The summed E-state index contributed by atoms with van der Waals surface area (Å²) in [5.41, 5.74) is 6.54. The number of hydrogen-bond acceptors (Lipinski definition) is 2. The normalized spacial score (nSPS) is 10.7. The maximum absolute atomic E-state index is 13.1. The molecule has 102 valence electrons. The van der Waals surface area contributed by atoms with Crippen molar-refractivity contribution >= 4 is 12.0 Å². The molecule has 0 atom stereocenters. The standard InChI is InChI=1S/C16H14FNO2/c17-14-6-3-4-12(10-14)11-20-15-7-2-1-5-13(15)8-9-16(18)19/h1-10H,11H2,(H2,18,19)/b9-8+. The lowest BCUT2D eigenvalue weighted by Gasteiger charge is -2.09. The third-order valence-corrected chi connectivity index (χ3v) is 2.63. The zero-order chi connectivity index (χ0) is 14.4. The van der Waals surface area contributed by atoms with Gasteiger partial charge in [0.1, 0.15) is 18.2 Å². The molecule has 0 bridgehead atoms. The number of nitrogens with two attached hydrogens (primary N) is 1. The van der Waals surface area contributed by atoms with Crippen LogP contribution in [0.2, 0.25) is 0 Å². The number of primary amides is 1. The van der Waals surface area contributed by atoms with Crippen molar-refractivity contribution in [2.75, 3.05) is 0 Å². The molecule has 3 nitrogen and oxygen atoms in total. The second-order valence-corrected chi connectivity index (χ2v) is 4.19. The first kappa shape index (κ1) is 13.8. The van der Waals surface area contributed by atoms with E-state index in [4.69, 9.17) is 10.5 Å². The summed E-state index contributed by atoms with van der Waals surface area (Å²) in [4.78, 5) is 10.8. The number of para-hydroxylation sites is 1. The number of carbonyl (C=O) groups excluding carboxylic acids is 1. The van der Waals surface area contributed by atoms with E-state index in [2.05, 4.69) is 0 Å². The molecular weight excluding hydrogens is 257 g/mol. The zero-order valence-corrected chi connectivity index (χ0v) is 10.8. The van der Waals surface area contributed by atoms with Crippen LogP contribution in [0.3, 0.4) is 0 Å². The molecular formula is C16H14FNO2. The number of ether oxygens (including phenoxy) is 1. The lowest BCUT2D eigenvalue weighted by molar-refractivity contribution is -0.113. The number of rotatable bonds is 5. The summed E-state index contributed by atoms with van der Waals surface area (Å²) in [5, 5.41) is 0. The van der Waals surface area contributed by atoms with Crippen molar-refractivity contribution in [2.45, 2.75) is 6.61 Å². The van der Waals surface area contributed by atoms with Gasteiger partial charge in [0, 0.05) is 11.6 Å². The quantitative estimate of drug-likeness (QED) is 0.850. The Hall–Kier alpha value is -2.62. The second kappa shape index (κ2) is 6.52. The molecule has 0 unspecified atom stereocenters. The molecule has 2 rings (SSSR count). The van der Waals surface area contributed by atoms with Crippen molar-refractivity contribution in [1.29, 1.82) is 0 Å². The van der Waals surface area contributed by atoms with Crippen molar-refractivity contribution in [3.05, 3.63) is 71.6 Å². The van der Waals surface area contributed by atoms with E-state index in [1.807, 2.05) is 12.1 Å². The molecule has 4 heteroatoms. The summed E-state index contributed by atoms with van der Waals surface area (Å²) < 4.78 is 18.7. The molecule has 0 heterocycles. The van der Waals surface area contributed by atoms with Crippen LogP contribution in [0, 0.1) is 5.82 Å². The zero-order valence-electron chi connectivity index (χ0n) is 10.8. The minimum atomic E-state index is -0.523. The minimum absolute atomic E-state index is 0.249. The fourth-order valence-corrected chi connectivity index (χ4v) is 1.71. The summed E-state index contributed by atoms with van der Waals surface area (Å²) in [6.45, 7) is 0.249. The van der Waals surface area contributed by atoms with Gasteiger partial charge in [0.25, 0.3) is 0 Å². The molecule has 0 fully saturated rings. The molecule has 0 saturated heterocycles. The molecule has 0 aliphatic carbocycles. The number of benzene rings is 2. The highest BCUT2D eigenvalue weighted by Gasteiger charge is 2.02.